The van der Waals surface area contributed by atoms with Gasteiger partial charge in [0, 0.05) is 17.7 Å². The van der Waals surface area contributed by atoms with Gasteiger partial charge in [-0.1, -0.05) is 0 Å². The molecule has 0 radical (unpaired) electrons. The van der Waals surface area contributed by atoms with Gasteiger partial charge in [-0.25, -0.2) is 4.79 Å². The summed E-state index contributed by atoms with van der Waals surface area (Å²) in [7, 11) is 0. The van der Waals surface area contributed by atoms with Gasteiger partial charge in [0.05, 0.1) is 4.92 Å². The van der Waals surface area contributed by atoms with E-state index in [-0.39, 0.29) is 16.9 Å². The first-order valence-corrected chi connectivity index (χ1v) is 8.60. The lowest BCUT2D eigenvalue weighted by Crippen LogP contribution is -2.47. The highest BCUT2D eigenvalue weighted by Crippen LogP contribution is 2.61. The molecule has 0 aromatic heterocycles. The van der Waals surface area contributed by atoms with Crippen LogP contribution in [0.3, 0.4) is 0 Å². The van der Waals surface area contributed by atoms with Crippen LogP contribution in [0.2, 0.25) is 0 Å². The van der Waals surface area contributed by atoms with Gasteiger partial charge in [0.25, 0.3) is 5.69 Å². The maximum Gasteiger partial charge on any atom is 0.511 e. The summed E-state index contributed by atoms with van der Waals surface area (Å²) in [5.74, 6) is 2.57. The quantitative estimate of drug-likeness (QED) is 0.382. The zero-order valence-corrected chi connectivity index (χ0v) is 13.4. The number of carboxylic acid groups (broad SMARTS) is 1. The van der Waals surface area contributed by atoms with E-state index in [1.165, 1.54) is 37.5 Å². The number of nitro benzene ring substituents is 1. The van der Waals surface area contributed by atoms with Gasteiger partial charge >= 0.3 is 6.16 Å². The number of ether oxygens (including phenoxy) is 1. The Bertz CT molecular complexity index is 663. The molecule has 1 aromatic carbocycles. The highest BCUT2D eigenvalue weighted by molar-refractivity contribution is 5.62. The van der Waals surface area contributed by atoms with Crippen LogP contribution in [0.1, 0.15) is 44.1 Å². The summed E-state index contributed by atoms with van der Waals surface area (Å²) < 4.78 is 4.89. The van der Waals surface area contributed by atoms with Gasteiger partial charge in [-0.2, -0.15) is 0 Å². The van der Waals surface area contributed by atoms with Gasteiger partial charge < -0.3 is 9.84 Å². The summed E-state index contributed by atoms with van der Waals surface area (Å²) in [5.41, 5.74) is 0.821. The van der Waals surface area contributed by atoms with Gasteiger partial charge in [0.2, 0.25) is 0 Å². The first-order chi connectivity index (χ1) is 11.4. The minimum absolute atomic E-state index is 0.00697. The van der Waals surface area contributed by atoms with Crippen LogP contribution in [0.15, 0.2) is 18.2 Å². The fraction of sp³-hybridized carbons (Fsp3) is 0.611. The molecular formula is C18H21NO5. The van der Waals surface area contributed by atoms with E-state index >= 15 is 0 Å². The maximum absolute atomic E-state index is 11.1. The van der Waals surface area contributed by atoms with Crippen LogP contribution < -0.4 is 4.74 Å². The number of carbonyl (C=O) groups is 1. The normalized spacial score (nSPS) is 33.4. The molecule has 4 aliphatic rings. The van der Waals surface area contributed by atoms with E-state index in [1.54, 1.807) is 0 Å². The highest BCUT2D eigenvalue weighted by atomic mass is 16.7. The van der Waals surface area contributed by atoms with E-state index in [0.29, 0.717) is 12.0 Å². The van der Waals surface area contributed by atoms with Crippen molar-refractivity contribution < 1.29 is 19.6 Å². The molecule has 4 saturated carbocycles. The molecule has 4 aliphatic carbocycles. The molecule has 0 atom stereocenters. The molecule has 1 aromatic rings. The van der Waals surface area contributed by atoms with Gasteiger partial charge in [-0.05, 0) is 74.2 Å². The molecule has 4 fully saturated rings. The number of non-ortho nitro benzene ring substituents is 1. The molecule has 6 nitrogen and oxygen atoms in total. The summed E-state index contributed by atoms with van der Waals surface area (Å²) in [4.78, 5) is 21.6. The van der Waals surface area contributed by atoms with Crippen LogP contribution in [0.4, 0.5) is 10.5 Å². The van der Waals surface area contributed by atoms with Crippen molar-refractivity contribution in [1.82, 2.24) is 0 Å². The summed E-state index contributed by atoms with van der Waals surface area (Å²) >= 11 is 0. The molecule has 6 heteroatoms. The molecule has 1 N–H and O–H groups in total. The largest absolute Gasteiger partial charge is 0.511 e. The third-order valence-electron chi connectivity index (χ3n) is 6.18. The van der Waals surface area contributed by atoms with Gasteiger partial charge in [-0.15, -0.1) is 0 Å². The van der Waals surface area contributed by atoms with Crippen LogP contribution in [0, 0.1) is 33.3 Å². The second-order valence-electron chi connectivity index (χ2n) is 8.01. The lowest BCUT2D eigenvalue weighted by Gasteiger charge is -2.57. The zero-order chi connectivity index (χ0) is 16.9. The smallest absolute Gasteiger partial charge is 0.449 e. The molecule has 24 heavy (non-hydrogen) atoms. The van der Waals surface area contributed by atoms with Crippen LogP contribution in [0.25, 0.3) is 0 Å². The van der Waals surface area contributed by atoms with Crippen molar-refractivity contribution in [2.24, 2.45) is 23.2 Å². The Kier molecular flexibility index (Phi) is 3.51. The monoisotopic (exact) mass is 331 g/mol. The van der Waals surface area contributed by atoms with Crippen LogP contribution in [0.5, 0.6) is 5.75 Å². The minimum Gasteiger partial charge on any atom is -0.449 e. The van der Waals surface area contributed by atoms with Crippen molar-refractivity contribution in [2.45, 2.75) is 44.9 Å². The van der Waals surface area contributed by atoms with E-state index in [2.05, 4.69) is 0 Å². The Morgan fingerprint density at radius 3 is 2.29 bits per heavy atom. The van der Waals surface area contributed by atoms with Crippen molar-refractivity contribution >= 4 is 11.8 Å². The van der Waals surface area contributed by atoms with Crippen LogP contribution >= 0.6 is 0 Å². The van der Waals surface area contributed by atoms with Crippen molar-refractivity contribution in [3.05, 3.63) is 33.9 Å². The molecule has 0 saturated heterocycles. The highest BCUT2D eigenvalue weighted by Gasteiger charge is 2.50. The summed E-state index contributed by atoms with van der Waals surface area (Å²) in [6.07, 6.45) is 6.76. The molecule has 4 bridgehead atoms. The molecule has 0 aliphatic heterocycles. The number of rotatable bonds is 4. The molecule has 128 valence electrons. The lowest BCUT2D eigenvalue weighted by molar-refractivity contribution is -0.384. The number of nitrogens with zero attached hydrogens (tertiary/aromatic N) is 1. The fourth-order valence-electron chi connectivity index (χ4n) is 5.92. The number of nitro groups is 1. The predicted octanol–water partition coefficient (Wildman–Crippen LogP) is 4.41. The average molecular weight is 331 g/mol. The zero-order valence-electron chi connectivity index (χ0n) is 13.4. The molecular weight excluding hydrogens is 310 g/mol. The summed E-state index contributed by atoms with van der Waals surface area (Å²) in [6, 6.07) is 4.22. The number of benzene rings is 1. The van der Waals surface area contributed by atoms with Gasteiger partial charge in [0.1, 0.15) is 5.75 Å². The van der Waals surface area contributed by atoms with Crippen molar-refractivity contribution in [1.29, 1.82) is 0 Å². The second kappa shape index (κ2) is 5.46. The second-order valence-corrected chi connectivity index (χ2v) is 8.01. The Labute approximate surface area is 140 Å². The third-order valence-corrected chi connectivity index (χ3v) is 6.18. The maximum atomic E-state index is 11.1. The van der Waals surface area contributed by atoms with Crippen molar-refractivity contribution in [3.63, 3.8) is 0 Å². The van der Waals surface area contributed by atoms with Crippen LogP contribution in [-0.2, 0) is 6.42 Å². The summed E-state index contributed by atoms with van der Waals surface area (Å²) in [6.45, 7) is 0. The van der Waals surface area contributed by atoms with Crippen molar-refractivity contribution in [3.8, 4) is 5.75 Å². The first kappa shape index (κ1) is 15.4. The minimum atomic E-state index is -1.38. The van der Waals surface area contributed by atoms with E-state index in [9.17, 15) is 14.9 Å². The molecule has 0 amide bonds. The molecule has 0 unspecified atom stereocenters. The molecule has 0 spiro atoms. The van der Waals surface area contributed by atoms with Crippen LogP contribution in [-0.4, -0.2) is 16.2 Å². The van der Waals surface area contributed by atoms with E-state index in [1.807, 2.05) is 0 Å². The lowest BCUT2D eigenvalue weighted by atomic mass is 9.48. The Morgan fingerprint density at radius 1 is 1.21 bits per heavy atom. The van der Waals surface area contributed by atoms with Gasteiger partial charge in [0.15, 0.2) is 0 Å². The Morgan fingerprint density at radius 2 is 1.79 bits per heavy atom. The third kappa shape index (κ3) is 2.74. The Hall–Kier alpha value is -2.11. The SMILES string of the molecule is O=C(O)Oc1ccc([N+](=O)[O-])cc1CC12CC3CC(CC(C3)C1)C2. The standard InChI is InChI=1S/C18H21NO5/c20-17(21)24-16-2-1-15(19(22)23)6-14(16)10-18-7-11-3-12(8-18)5-13(4-11)9-18/h1-2,6,11-13H,3-5,7-10H2,(H,20,21). The van der Waals surface area contributed by atoms with E-state index in [4.69, 9.17) is 9.84 Å². The van der Waals surface area contributed by atoms with Gasteiger partial charge in [-0.3, -0.25) is 10.1 Å². The predicted molar refractivity (Wildman–Crippen MR) is 86.1 cm³/mol. The number of hydrogen-bond donors (Lipinski definition) is 1. The van der Waals surface area contributed by atoms with E-state index in [0.717, 1.165) is 37.0 Å². The number of hydrogen-bond acceptors (Lipinski definition) is 4. The first-order valence-electron chi connectivity index (χ1n) is 8.60. The average Bonchev–Trinajstić information content (AvgIpc) is 2.46. The fourth-order valence-corrected chi connectivity index (χ4v) is 5.92. The van der Waals surface area contributed by atoms with E-state index < -0.39 is 11.1 Å². The molecule has 5 rings (SSSR count). The Balaban J connectivity index is 1.66. The topological polar surface area (TPSA) is 89.7 Å². The summed E-state index contributed by atoms with van der Waals surface area (Å²) in [5, 5.41) is 20.0. The van der Waals surface area contributed by atoms with Crippen molar-refractivity contribution in [2.75, 3.05) is 0 Å². The molecule has 0 heterocycles.